The highest BCUT2D eigenvalue weighted by Crippen LogP contribution is 2.30. The van der Waals surface area contributed by atoms with Crippen molar-refractivity contribution in [2.24, 2.45) is 0 Å². The van der Waals surface area contributed by atoms with Crippen LogP contribution in [0.25, 0.3) is 10.9 Å². The smallest absolute Gasteiger partial charge is 0.324 e. The number of benzene rings is 3. The van der Waals surface area contributed by atoms with Crippen molar-refractivity contribution in [3.63, 3.8) is 0 Å². The molecule has 0 bridgehead atoms. The summed E-state index contributed by atoms with van der Waals surface area (Å²) in [5.41, 5.74) is 1.87. The number of nitrogens with zero attached hydrogens (tertiary/aromatic N) is 1. The first-order chi connectivity index (χ1) is 16.6. The van der Waals surface area contributed by atoms with Gasteiger partial charge in [-0.3, -0.25) is 13.9 Å². The lowest BCUT2D eigenvalue weighted by molar-refractivity contribution is -0.135. The molecule has 0 aliphatic heterocycles. The van der Waals surface area contributed by atoms with Crippen molar-refractivity contribution in [2.75, 3.05) is 10.8 Å². The fourth-order valence-electron chi connectivity index (χ4n) is 3.57. The molecule has 1 heterocycles. The molecule has 180 valence electrons. The molecule has 0 saturated heterocycles. The Morgan fingerprint density at radius 2 is 1.66 bits per heavy atom. The fourth-order valence-corrected chi connectivity index (χ4v) is 5.71. The number of nitrogens with one attached hydrogen (secondary N) is 2. The number of aliphatic carboxylic acids is 1. The summed E-state index contributed by atoms with van der Waals surface area (Å²) in [4.78, 5) is 27.0. The molecule has 0 saturated carbocycles. The van der Waals surface area contributed by atoms with Crippen molar-refractivity contribution in [3.05, 3.63) is 94.1 Å². The third-order valence-electron chi connectivity index (χ3n) is 5.20. The Balaban J connectivity index is 1.66. The zero-order valence-corrected chi connectivity index (χ0v) is 20.4. The third kappa shape index (κ3) is 5.43. The maximum absolute atomic E-state index is 13.3. The van der Waals surface area contributed by atoms with Gasteiger partial charge in [-0.2, -0.15) is 0 Å². The van der Waals surface area contributed by atoms with E-state index in [9.17, 15) is 23.1 Å². The minimum absolute atomic E-state index is 0.0918. The lowest BCUT2D eigenvalue weighted by atomic mass is 10.1. The number of carbonyl (C=O) groups is 2. The summed E-state index contributed by atoms with van der Waals surface area (Å²) in [5.74, 6) is -1.66. The van der Waals surface area contributed by atoms with E-state index in [-0.39, 0.29) is 26.5 Å². The van der Waals surface area contributed by atoms with Gasteiger partial charge in [0.2, 0.25) is 0 Å². The first kappa shape index (κ1) is 24.6. The largest absolute Gasteiger partial charge is 0.480 e. The van der Waals surface area contributed by atoms with Crippen LogP contribution in [0.4, 0.5) is 5.69 Å². The number of hydrogen-bond acceptors (Lipinski definition) is 4. The molecular formula is C24H19Cl2N3O5S. The van der Waals surface area contributed by atoms with Gasteiger partial charge in [0.25, 0.3) is 15.9 Å². The second kappa shape index (κ2) is 9.99. The Bertz CT molecular complexity index is 1500. The highest BCUT2D eigenvalue weighted by Gasteiger charge is 2.28. The Labute approximate surface area is 211 Å². The van der Waals surface area contributed by atoms with Crippen LogP contribution in [0.1, 0.15) is 15.9 Å². The molecule has 1 aromatic heterocycles. The number of halogens is 2. The Morgan fingerprint density at radius 1 is 0.971 bits per heavy atom. The lowest BCUT2D eigenvalue weighted by Gasteiger charge is -2.23. The molecule has 0 fully saturated rings. The van der Waals surface area contributed by atoms with Gasteiger partial charge in [0.1, 0.15) is 6.54 Å². The molecule has 0 radical (unpaired) electrons. The number of aromatic amines is 1. The van der Waals surface area contributed by atoms with E-state index in [1.165, 1.54) is 36.5 Å². The molecular weight excluding hydrogens is 513 g/mol. The summed E-state index contributed by atoms with van der Waals surface area (Å²) in [5, 5.41) is 13.0. The summed E-state index contributed by atoms with van der Waals surface area (Å²) in [6, 6.07) is 17.7. The molecule has 8 nitrogen and oxygen atoms in total. The monoisotopic (exact) mass is 531 g/mol. The topological polar surface area (TPSA) is 120 Å². The van der Waals surface area contributed by atoms with Crippen molar-refractivity contribution >= 4 is 61.7 Å². The zero-order chi connectivity index (χ0) is 25.2. The summed E-state index contributed by atoms with van der Waals surface area (Å²) < 4.78 is 27.4. The van der Waals surface area contributed by atoms with Crippen LogP contribution < -0.4 is 9.62 Å². The molecule has 4 aromatic rings. The Morgan fingerprint density at radius 3 is 2.31 bits per heavy atom. The average Bonchev–Trinajstić information content (AvgIpc) is 3.24. The molecule has 4 rings (SSSR count). The fraction of sp³-hybridized carbons (Fsp3) is 0.0833. The summed E-state index contributed by atoms with van der Waals surface area (Å²) >= 11 is 11.9. The van der Waals surface area contributed by atoms with Crippen LogP contribution >= 0.6 is 23.2 Å². The number of carbonyl (C=O) groups excluding carboxylic acids is 1. The van der Waals surface area contributed by atoms with E-state index >= 15 is 0 Å². The van der Waals surface area contributed by atoms with Gasteiger partial charge >= 0.3 is 5.97 Å². The third-order valence-corrected chi connectivity index (χ3v) is 7.38. The van der Waals surface area contributed by atoms with Gasteiger partial charge in [-0.25, -0.2) is 8.42 Å². The van der Waals surface area contributed by atoms with Gasteiger partial charge < -0.3 is 15.4 Å². The van der Waals surface area contributed by atoms with E-state index in [1.807, 2.05) is 30.3 Å². The molecule has 1 amide bonds. The number of H-pyrrole nitrogens is 1. The number of carboxylic acid groups (broad SMARTS) is 1. The van der Waals surface area contributed by atoms with Gasteiger partial charge in [0.15, 0.2) is 0 Å². The normalized spacial score (nSPS) is 11.4. The number of rotatable bonds is 8. The first-order valence-electron chi connectivity index (χ1n) is 10.3. The molecule has 0 aliphatic rings. The average molecular weight is 532 g/mol. The second-order valence-electron chi connectivity index (χ2n) is 7.61. The quantitative estimate of drug-likeness (QED) is 0.304. The maximum Gasteiger partial charge on any atom is 0.324 e. The Hall–Kier alpha value is -3.53. The van der Waals surface area contributed by atoms with Gasteiger partial charge in [-0.15, -0.1) is 0 Å². The van der Waals surface area contributed by atoms with Crippen LogP contribution in [0.2, 0.25) is 10.0 Å². The van der Waals surface area contributed by atoms with Crippen LogP contribution in [0.3, 0.4) is 0 Å². The van der Waals surface area contributed by atoms with E-state index in [0.717, 1.165) is 9.87 Å². The van der Waals surface area contributed by atoms with Crippen molar-refractivity contribution in [3.8, 4) is 0 Å². The standard InChI is InChI=1S/C24H19Cl2N3O5S/c25-16-8-17(26)10-19(9-16)35(33,34)29(14-23(30)31)18-6-7-20-21(13-27-22(20)11-18)24(32)28-12-15-4-2-1-3-5-15/h1-11,13,27H,12,14H2,(H,28,32)(H,30,31). The zero-order valence-electron chi connectivity index (χ0n) is 18.0. The van der Waals surface area contributed by atoms with E-state index in [1.54, 1.807) is 6.07 Å². The summed E-state index contributed by atoms with van der Waals surface area (Å²) in [6.07, 6.45) is 1.52. The van der Waals surface area contributed by atoms with Crippen LogP contribution in [-0.2, 0) is 21.4 Å². The lowest BCUT2D eigenvalue weighted by Crippen LogP contribution is -2.35. The maximum atomic E-state index is 13.3. The van der Waals surface area contributed by atoms with E-state index < -0.39 is 22.5 Å². The van der Waals surface area contributed by atoms with E-state index in [0.29, 0.717) is 23.0 Å². The van der Waals surface area contributed by atoms with Crippen molar-refractivity contribution in [1.82, 2.24) is 10.3 Å². The molecule has 0 spiro atoms. The molecule has 0 atom stereocenters. The SMILES string of the molecule is O=C(O)CN(c1ccc2c(C(=O)NCc3ccccc3)c[nH]c2c1)S(=O)(=O)c1cc(Cl)cc(Cl)c1. The van der Waals surface area contributed by atoms with Gasteiger partial charge in [-0.05, 0) is 42.0 Å². The summed E-state index contributed by atoms with van der Waals surface area (Å²) in [7, 11) is -4.32. The Kier molecular flexibility index (Phi) is 7.02. The van der Waals surface area contributed by atoms with Crippen LogP contribution in [-0.4, -0.2) is 36.9 Å². The summed E-state index contributed by atoms with van der Waals surface area (Å²) in [6.45, 7) is -0.486. The van der Waals surface area contributed by atoms with Crippen molar-refractivity contribution < 1.29 is 23.1 Å². The first-order valence-corrected chi connectivity index (χ1v) is 12.5. The van der Waals surface area contributed by atoms with Crippen LogP contribution in [0.15, 0.2) is 77.8 Å². The number of anilines is 1. The number of fused-ring (bicyclic) bond motifs is 1. The number of amides is 1. The van der Waals surface area contributed by atoms with Gasteiger partial charge in [0.05, 0.1) is 16.1 Å². The predicted octanol–water partition coefficient (Wildman–Crippen LogP) is 4.68. The minimum atomic E-state index is -4.32. The molecule has 0 aliphatic carbocycles. The molecule has 35 heavy (non-hydrogen) atoms. The number of sulfonamides is 1. The van der Waals surface area contributed by atoms with Crippen molar-refractivity contribution in [1.29, 1.82) is 0 Å². The minimum Gasteiger partial charge on any atom is -0.480 e. The molecule has 3 N–H and O–H groups in total. The predicted molar refractivity (Wildman–Crippen MR) is 135 cm³/mol. The highest BCUT2D eigenvalue weighted by atomic mass is 35.5. The van der Waals surface area contributed by atoms with Gasteiger partial charge in [0, 0.05) is 33.7 Å². The molecule has 11 heteroatoms. The van der Waals surface area contributed by atoms with Crippen LogP contribution in [0.5, 0.6) is 0 Å². The van der Waals surface area contributed by atoms with Crippen molar-refractivity contribution in [2.45, 2.75) is 11.4 Å². The number of aromatic nitrogens is 1. The van der Waals surface area contributed by atoms with E-state index in [4.69, 9.17) is 23.2 Å². The van der Waals surface area contributed by atoms with Gasteiger partial charge in [-0.1, -0.05) is 53.5 Å². The highest BCUT2D eigenvalue weighted by molar-refractivity contribution is 7.92. The van der Waals surface area contributed by atoms with E-state index in [2.05, 4.69) is 10.3 Å². The van der Waals surface area contributed by atoms with Crippen LogP contribution in [0, 0.1) is 0 Å². The second-order valence-corrected chi connectivity index (χ2v) is 10.3. The number of carboxylic acids is 1. The molecule has 0 unspecified atom stereocenters. The molecule has 3 aromatic carbocycles. The number of hydrogen-bond donors (Lipinski definition) is 3.